The highest BCUT2D eigenvalue weighted by Gasteiger charge is 2.44. The molecule has 2 N–H and O–H groups in total. The minimum Gasteiger partial charge on any atom is -0.490 e. The van der Waals surface area contributed by atoms with Gasteiger partial charge < -0.3 is 14.8 Å². The van der Waals surface area contributed by atoms with Crippen LogP contribution in [0.25, 0.3) is 0 Å². The van der Waals surface area contributed by atoms with Gasteiger partial charge in [0.15, 0.2) is 11.5 Å². The van der Waals surface area contributed by atoms with Crippen LogP contribution in [0.15, 0.2) is 36.4 Å². The van der Waals surface area contributed by atoms with Crippen LogP contribution in [0.5, 0.6) is 11.5 Å². The number of para-hydroxylation sites is 1. The van der Waals surface area contributed by atoms with Crippen LogP contribution in [0.2, 0.25) is 0 Å². The lowest BCUT2D eigenvalue weighted by Crippen LogP contribution is -2.54. The van der Waals surface area contributed by atoms with Crippen LogP contribution in [0.3, 0.4) is 0 Å². The first kappa shape index (κ1) is 21.6. The number of carbonyl (C=O) groups excluding carboxylic acids is 5. The second-order valence-corrected chi connectivity index (χ2v) is 8.19. The third-order valence-electron chi connectivity index (χ3n) is 5.99. The molecule has 3 heterocycles. The molecule has 2 aromatic rings. The Morgan fingerprint density at radius 1 is 1.03 bits per heavy atom. The summed E-state index contributed by atoms with van der Waals surface area (Å²) in [6.07, 6.45) is 0.865. The van der Waals surface area contributed by atoms with Crippen LogP contribution in [0, 0.1) is 0 Å². The number of nitrogens with zero attached hydrogens (tertiary/aromatic N) is 1. The minimum atomic E-state index is -1.06. The van der Waals surface area contributed by atoms with Crippen molar-refractivity contribution in [3.8, 4) is 11.5 Å². The van der Waals surface area contributed by atoms with E-state index in [1.165, 1.54) is 18.2 Å². The van der Waals surface area contributed by atoms with Gasteiger partial charge in [-0.15, -0.1) is 0 Å². The summed E-state index contributed by atoms with van der Waals surface area (Å²) in [5.41, 5.74) is 1.12. The number of hydrogen-bond donors (Lipinski definition) is 2. The molecule has 174 valence electrons. The van der Waals surface area contributed by atoms with Gasteiger partial charge in [0, 0.05) is 30.5 Å². The van der Waals surface area contributed by atoms with Crippen molar-refractivity contribution < 1.29 is 33.4 Å². The molecule has 2 aromatic carbocycles. The van der Waals surface area contributed by atoms with Crippen LogP contribution < -0.4 is 20.1 Å². The number of ether oxygens (including phenoxy) is 2. The summed E-state index contributed by atoms with van der Waals surface area (Å²) in [6, 6.07) is 8.61. The van der Waals surface area contributed by atoms with Gasteiger partial charge in [0.2, 0.25) is 11.8 Å². The van der Waals surface area contributed by atoms with E-state index in [1.807, 2.05) is 18.2 Å². The van der Waals surface area contributed by atoms with Crippen LogP contribution in [-0.4, -0.2) is 53.7 Å². The lowest BCUT2D eigenvalue weighted by molar-refractivity contribution is -0.136. The Kier molecular flexibility index (Phi) is 5.48. The zero-order valence-corrected chi connectivity index (χ0v) is 18.1. The van der Waals surface area contributed by atoms with Gasteiger partial charge in [-0.3, -0.25) is 34.2 Å². The van der Waals surface area contributed by atoms with Crippen molar-refractivity contribution in [2.24, 2.45) is 0 Å². The van der Waals surface area contributed by atoms with E-state index >= 15 is 0 Å². The number of amides is 5. The zero-order chi connectivity index (χ0) is 23.8. The Morgan fingerprint density at radius 2 is 1.82 bits per heavy atom. The number of hydrogen-bond acceptors (Lipinski definition) is 7. The third kappa shape index (κ3) is 3.76. The molecule has 0 aromatic heterocycles. The van der Waals surface area contributed by atoms with Gasteiger partial charge in [-0.25, -0.2) is 0 Å². The molecule has 5 amide bonds. The Bertz CT molecular complexity index is 1240. The maximum Gasteiger partial charge on any atom is 0.262 e. The summed E-state index contributed by atoms with van der Waals surface area (Å²) in [7, 11) is 0. The summed E-state index contributed by atoms with van der Waals surface area (Å²) in [6.45, 7) is 1.25. The zero-order valence-electron chi connectivity index (χ0n) is 18.1. The highest BCUT2D eigenvalue weighted by molar-refractivity contribution is 6.24. The SMILES string of the molecule is O=C1CCC(N2C(=O)c3ccc(C(=O)NCc4cccc5c4OCCCO5)cc3C2=O)C(=O)N1. The van der Waals surface area contributed by atoms with Crippen LogP contribution in [0.4, 0.5) is 0 Å². The maximum absolute atomic E-state index is 13.0. The molecule has 0 radical (unpaired) electrons. The summed E-state index contributed by atoms with van der Waals surface area (Å²) in [5, 5.41) is 4.96. The van der Waals surface area contributed by atoms with Gasteiger partial charge in [-0.1, -0.05) is 12.1 Å². The summed E-state index contributed by atoms with van der Waals surface area (Å²) < 4.78 is 11.4. The first-order valence-corrected chi connectivity index (χ1v) is 11.0. The quantitative estimate of drug-likeness (QED) is 0.651. The first-order valence-electron chi connectivity index (χ1n) is 11.0. The van der Waals surface area contributed by atoms with Crippen molar-refractivity contribution in [1.29, 1.82) is 0 Å². The fourth-order valence-corrected chi connectivity index (χ4v) is 4.28. The topological polar surface area (TPSA) is 131 Å². The highest BCUT2D eigenvalue weighted by Crippen LogP contribution is 2.33. The van der Waals surface area contributed by atoms with E-state index in [0.29, 0.717) is 24.7 Å². The third-order valence-corrected chi connectivity index (χ3v) is 5.99. The number of carbonyl (C=O) groups is 5. The van der Waals surface area contributed by atoms with E-state index in [2.05, 4.69) is 10.6 Å². The average Bonchev–Trinajstić information content (AvgIpc) is 2.98. The van der Waals surface area contributed by atoms with E-state index in [0.717, 1.165) is 16.9 Å². The molecule has 0 aliphatic carbocycles. The fraction of sp³-hybridized carbons (Fsp3) is 0.292. The molecule has 5 rings (SSSR count). The van der Waals surface area contributed by atoms with Crippen molar-refractivity contribution in [1.82, 2.24) is 15.5 Å². The first-order chi connectivity index (χ1) is 16.4. The monoisotopic (exact) mass is 463 g/mol. The van der Waals surface area contributed by atoms with E-state index in [-0.39, 0.29) is 36.1 Å². The molecule has 3 aliphatic rings. The molecule has 34 heavy (non-hydrogen) atoms. The van der Waals surface area contributed by atoms with E-state index in [4.69, 9.17) is 9.47 Å². The molecule has 1 unspecified atom stereocenters. The molecular weight excluding hydrogens is 442 g/mol. The van der Waals surface area contributed by atoms with E-state index in [1.54, 1.807) is 0 Å². The average molecular weight is 463 g/mol. The fourth-order valence-electron chi connectivity index (χ4n) is 4.28. The second-order valence-electron chi connectivity index (χ2n) is 8.19. The van der Waals surface area contributed by atoms with Gasteiger partial charge in [-0.05, 0) is 30.7 Å². The number of fused-ring (bicyclic) bond motifs is 2. The lowest BCUT2D eigenvalue weighted by Gasteiger charge is -2.27. The maximum atomic E-state index is 13.0. The Labute approximate surface area is 194 Å². The van der Waals surface area contributed by atoms with Crippen molar-refractivity contribution in [2.75, 3.05) is 13.2 Å². The molecule has 1 saturated heterocycles. The molecule has 3 aliphatic heterocycles. The predicted molar refractivity (Wildman–Crippen MR) is 116 cm³/mol. The van der Waals surface area contributed by atoms with Crippen LogP contribution in [-0.2, 0) is 16.1 Å². The van der Waals surface area contributed by atoms with Crippen molar-refractivity contribution in [3.05, 3.63) is 58.7 Å². The van der Waals surface area contributed by atoms with E-state index in [9.17, 15) is 24.0 Å². The van der Waals surface area contributed by atoms with Crippen molar-refractivity contribution in [3.63, 3.8) is 0 Å². The number of rotatable bonds is 4. The molecule has 0 saturated carbocycles. The molecule has 10 heteroatoms. The van der Waals surface area contributed by atoms with Gasteiger partial charge in [0.05, 0.1) is 24.3 Å². The van der Waals surface area contributed by atoms with E-state index < -0.39 is 35.6 Å². The molecule has 1 fully saturated rings. The number of nitrogens with one attached hydrogen (secondary N) is 2. The molecular formula is C24H21N3O7. The van der Waals surface area contributed by atoms with Gasteiger partial charge in [-0.2, -0.15) is 0 Å². The minimum absolute atomic E-state index is 0.0371. The van der Waals surface area contributed by atoms with Gasteiger partial charge >= 0.3 is 0 Å². The normalized spacial score (nSPS) is 19.4. The number of benzene rings is 2. The van der Waals surface area contributed by atoms with Crippen LogP contribution in [0.1, 0.15) is 55.9 Å². The largest absolute Gasteiger partial charge is 0.490 e. The second kappa shape index (κ2) is 8.62. The van der Waals surface area contributed by atoms with Gasteiger partial charge in [0.25, 0.3) is 17.7 Å². The Hall–Kier alpha value is -4.21. The smallest absolute Gasteiger partial charge is 0.262 e. The van der Waals surface area contributed by atoms with Crippen molar-refractivity contribution in [2.45, 2.75) is 31.8 Å². The molecule has 10 nitrogen and oxygen atoms in total. The lowest BCUT2D eigenvalue weighted by atomic mass is 10.0. The Morgan fingerprint density at radius 3 is 2.65 bits per heavy atom. The van der Waals surface area contributed by atoms with Crippen molar-refractivity contribution >= 4 is 29.5 Å². The highest BCUT2D eigenvalue weighted by atomic mass is 16.5. The molecule has 1 atom stereocenters. The molecule has 0 bridgehead atoms. The number of piperidine rings is 1. The molecule has 0 spiro atoms. The summed E-state index contributed by atoms with van der Waals surface area (Å²) in [5.74, 6) is -1.63. The van der Waals surface area contributed by atoms with Crippen LogP contribution >= 0.6 is 0 Å². The summed E-state index contributed by atoms with van der Waals surface area (Å²) in [4.78, 5) is 63.1. The standard InChI is InChI=1S/C24H21N3O7/c28-19-8-7-17(22(30)26-19)27-23(31)15-6-5-13(11-16(15)24(27)32)21(29)25-12-14-3-1-4-18-20(14)34-10-2-9-33-18/h1,3-6,11,17H,2,7-10,12H2,(H,25,29)(H,26,28,30). The summed E-state index contributed by atoms with van der Waals surface area (Å²) >= 11 is 0. The van der Waals surface area contributed by atoms with Gasteiger partial charge in [0.1, 0.15) is 6.04 Å². The number of imide groups is 2. The predicted octanol–water partition coefficient (Wildman–Crippen LogP) is 1.18. The Balaban J connectivity index is 1.32.